The molecule has 0 saturated carbocycles. The van der Waals surface area contributed by atoms with Crippen molar-refractivity contribution in [3.05, 3.63) is 57.8 Å². The van der Waals surface area contributed by atoms with Crippen LogP contribution in [0.4, 0.5) is 0 Å². The molecular weight excluding hydrogens is 392 g/mol. The lowest BCUT2D eigenvalue weighted by molar-refractivity contribution is -0.143. The molecule has 1 heterocycles. The summed E-state index contributed by atoms with van der Waals surface area (Å²) in [6.07, 6.45) is 4.38. The highest BCUT2D eigenvalue weighted by Crippen LogP contribution is 2.19. The van der Waals surface area contributed by atoms with Crippen molar-refractivity contribution in [1.29, 1.82) is 0 Å². The van der Waals surface area contributed by atoms with Crippen LogP contribution >= 0.6 is 11.3 Å². The highest BCUT2D eigenvalue weighted by atomic mass is 32.1. The van der Waals surface area contributed by atoms with Crippen LogP contribution in [0.15, 0.2) is 42.5 Å². The Morgan fingerprint density at radius 2 is 1.70 bits per heavy atom. The van der Waals surface area contributed by atoms with Crippen molar-refractivity contribution >= 4 is 23.2 Å². The quantitative estimate of drug-likeness (QED) is 0.401. The molecule has 0 N–H and O–H groups in total. The van der Waals surface area contributed by atoms with Crippen molar-refractivity contribution in [2.45, 2.75) is 78.9 Å². The molecule has 0 fully saturated rings. The van der Waals surface area contributed by atoms with Crippen LogP contribution in [0.25, 0.3) is 0 Å². The van der Waals surface area contributed by atoms with Gasteiger partial charge in [-0.2, -0.15) is 0 Å². The average Bonchev–Trinajstić information content (AvgIpc) is 3.16. The van der Waals surface area contributed by atoms with Gasteiger partial charge in [0.25, 0.3) is 0 Å². The highest BCUT2D eigenvalue weighted by molar-refractivity contribution is 7.11. The molecule has 2 aromatic rings. The van der Waals surface area contributed by atoms with Crippen molar-refractivity contribution < 1.29 is 9.59 Å². The molecule has 1 aromatic heterocycles. The van der Waals surface area contributed by atoms with Crippen molar-refractivity contribution in [2.24, 2.45) is 0 Å². The van der Waals surface area contributed by atoms with Crippen molar-refractivity contribution in [2.75, 3.05) is 6.54 Å². The van der Waals surface area contributed by atoms with Gasteiger partial charge >= 0.3 is 0 Å². The Labute approximate surface area is 185 Å². The summed E-state index contributed by atoms with van der Waals surface area (Å²) in [6, 6.07) is 14.3. The minimum absolute atomic E-state index is 0.00838. The number of rotatable bonds is 12. The van der Waals surface area contributed by atoms with E-state index in [4.69, 9.17) is 0 Å². The standard InChI is InChI=1S/C25H36N2O2S/c1-5-7-9-14-24(28)27(20(3)6-2)19-25(29)26(17-22-12-10-8-11-13-22)18-23-16-15-21(4)30-23/h8,10-13,15-16,20H,5-7,9,14,17-19H2,1-4H3/t20-/m1/s1. The van der Waals surface area contributed by atoms with Crippen LogP contribution in [0, 0.1) is 6.92 Å². The maximum Gasteiger partial charge on any atom is 0.242 e. The highest BCUT2D eigenvalue weighted by Gasteiger charge is 2.25. The Morgan fingerprint density at radius 3 is 2.30 bits per heavy atom. The van der Waals surface area contributed by atoms with E-state index < -0.39 is 0 Å². The first-order chi connectivity index (χ1) is 14.4. The average molecular weight is 429 g/mol. The zero-order chi connectivity index (χ0) is 21.9. The predicted molar refractivity (Wildman–Crippen MR) is 125 cm³/mol. The molecule has 0 aliphatic carbocycles. The molecule has 0 unspecified atom stereocenters. The summed E-state index contributed by atoms with van der Waals surface area (Å²) in [5.74, 6) is 0.104. The van der Waals surface area contributed by atoms with Gasteiger partial charge in [-0.15, -0.1) is 11.3 Å². The van der Waals surface area contributed by atoms with E-state index in [1.807, 2.05) is 42.2 Å². The van der Waals surface area contributed by atoms with Gasteiger partial charge < -0.3 is 9.80 Å². The van der Waals surface area contributed by atoms with E-state index in [0.29, 0.717) is 19.5 Å². The van der Waals surface area contributed by atoms with Crippen LogP contribution in [0.3, 0.4) is 0 Å². The molecule has 0 aliphatic rings. The summed E-state index contributed by atoms with van der Waals surface area (Å²) in [5.41, 5.74) is 1.10. The van der Waals surface area contributed by atoms with Crippen LogP contribution < -0.4 is 0 Å². The van der Waals surface area contributed by atoms with Crippen molar-refractivity contribution in [3.8, 4) is 0 Å². The second-order valence-corrected chi connectivity index (χ2v) is 9.36. The largest absolute Gasteiger partial charge is 0.332 e. The first-order valence-corrected chi connectivity index (χ1v) is 11.9. The molecule has 4 nitrogen and oxygen atoms in total. The zero-order valence-electron chi connectivity index (χ0n) is 18.9. The van der Waals surface area contributed by atoms with E-state index in [1.165, 1.54) is 9.75 Å². The Kier molecular flexibility index (Phi) is 10.1. The van der Waals surface area contributed by atoms with E-state index in [-0.39, 0.29) is 24.4 Å². The molecule has 0 radical (unpaired) electrons. The van der Waals surface area contributed by atoms with Gasteiger partial charge in [-0.05, 0) is 44.4 Å². The summed E-state index contributed by atoms with van der Waals surface area (Å²) in [7, 11) is 0. The van der Waals surface area contributed by atoms with Gasteiger partial charge in [0, 0.05) is 28.8 Å². The van der Waals surface area contributed by atoms with Crippen molar-refractivity contribution in [1.82, 2.24) is 9.80 Å². The fourth-order valence-electron chi connectivity index (χ4n) is 3.42. The summed E-state index contributed by atoms with van der Waals surface area (Å²) in [6.45, 7) is 9.59. The first kappa shape index (κ1) is 24.1. The minimum atomic E-state index is 0.00838. The number of carbonyl (C=O) groups excluding carboxylic acids is 2. The lowest BCUT2D eigenvalue weighted by Crippen LogP contribution is -2.46. The lowest BCUT2D eigenvalue weighted by Gasteiger charge is -2.31. The number of carbonyl (C=O) groups is 2. The molecule has 2 rings (SSSR count). The molecule has 0 aliphatic heterocycles. The second kappa shape index (κ2) is 12.5. The summed E-state index contributed by atoms with van der Waals surface area (Å²) in [5, 5.41) is 0. The Balaban J connectivity index is 2.15. The third-order valence-electron chi connectivity index (χ3n) is 5.45. The van der Waals surface area contributed by atoms with Gasteiger partial charge in [-0.25, -0.2) is 0 Å². The predicted octanol–water partition coefficient (Wildman–Crippen LogP) is 5.79. The first-order valence-electron chi connectivity index (χ1n) is 11.1. The normalized spacial score (nSPS) is 11.9. The molecule has 0 spiro atoms. The van der Waals surface area contributed by atoms with Gasteiger partial charge in [0.2, 0.25) is 11.8 Å². The summed E-state index contributed by atoms with van der Waals surface area (Å²) >= 11 is 1.72. The minimum Gasteiger partial charge on any atom is -0.332 e. The van der Waals surface area contributed by atoms with E-state index in [9.17, 15) is 9.59 Å². The number of unbranched alkanes of at least 4 members (excludes halogenated alkanes) is 2. The molecule has 2 amide bonds. The Morgan fingerprint density at radius 1 is 0.967 bits per heavy atom. The van der Waals surface area contributed by atoms with E-state index in [1.54, 1.807) is 16.2 Å². The number of benzene rings is 1. The third-order valence-corrected chi connectivity index (χ3v) is 6.44. The SMILES string of the molecule is CCCCCC(=O)N(CC(=O)N(Cc1ccccc1)Cc1ccc(C)s1)[C@H](C)CC. The number of nitrogens with zero attached hydrogens (tertiary/aromatic N) is 2. The second-order valence-electron chi connectivity index (χ2n) is 7.98. The molecule has 0 bridgehead atoms. The van der Waals surface area contributed by atoms with Gasteiger partial charge in [0.1, 0.15) is 6.54 Å². The third kappa shape index (κ3) is 7.60. The molecule has 0 saturated heterocycles. The fourth-order valence-corrected chi connectivity index (χ4v) is 4.33. The number of hydrogen-bond acceptors (Lipinski definition) is 3. The maximum atomic E-state index is 13.4. The topological polar surface area (TPSA) is 40.6 Å². The lowest BCUT2D eigenvalue weighted by atomic mass is 10.1. The molecule has 1 aromatic carbocycles. The Hall–Kier alpha value is -2.14. The van der Waals surface area contributed by atoms with Gasteiger partial charge in [0.05, 0.1) is 6.54 Å². The zero-order valence-corrected chi connectivity index (χ0v) is 19.7. The van der Waals surface area contributed by atoms with Gasteiger partial charge in [-0.1, -0.05) is 57.0 Å². The van der Waals surface area contributed by atoms with Gasteiger partial charge in [-0.3, -0.25) is 9.59 Å². The van der Waals surface area contributed by atoms with Crippen molar-refractivity contribution in [3.63, 3.8) is 0 Å². The Bertz CT molecular complexity index is 787. The van der Waals surface area contributed by atoms with Crippen LogP contribution in [-0.2, 0) is 22.7 Å². The van der Waals surface area contributed by atoms with Crippen LogP contribution in [0.1, 0.15) is 68.2 Å². The van der Waals surface area contributed by atoms with E-state index in [2.05, 4.69) is 32.9 Å². The maximum absolute atomic E-state index is 13.4. The molecule has 30 heavy (non-hydrogen) atoms. The number of amides is 2. The smallest absolute Gasteiger partial charge is 0.242 e. The van der Waals surface area contributed by atoms with Gasteiger partial charge in [0.15, 0.2) is 0 Å². The summed E-state index contributed by atoms with van der Waals surface area (Å²) < 4.78 is 0. The van der Waals surface area contributed by atoms with Crippen LogP contribution in [0.5, 0.6) is 0 Å². The molecule has 164 valence electrons. The number of thiophene rings is 1. The van der Waals surface area contributed by atoms with Crippen LogP contribution in [0.2, 0.25) is 0 Å². The monoisotopic (exact) mass is 428 g/mol. The molecule has 1 atom stereocenters. The fraction of sp³-hybridized carbons (Fsp3) is 0.520. The number of aryl methyl sites for hydroxylation is 1. The number of hydrogen-bond donors (Lipinski definition) is 0. The van der Waals surface area contributed by atoms with Crippen LogP contribution in [-0.4, -0.2) is 34.2 Å². The summed E-state index contributed by atoms with van der Waals surface area (Å²) in [4.78, 5) is 32.3. The molecular formula is C25H36N2O2S. The van der Waals surface area contributed by atoms with E-state index >= 15 is 0 Å². The molecule has 5 heteroatoms. The van der Waals surface area contributed by atoms with E-state index in [0.717, 1.165) is 31.2 Å².